The average molecular weight is 377 g/mol. The van der Waals surface area contributed by atoms with E-state index in [-0.39, 0.29) is 17.4 Å². The van der Waals surface area contributed by atoms with Crippen molar-refractivity contribution >= 4 is 23.4 Å². The second-order valence-corrected chi connectivity index (χ2v) is 9.46. The van der Waals surface area contributed by atoms with Gasteiger partial charge in [0.2, 0.25) is 5.91 Å². The number of nitrogens with two attached hydrogens (primary N) is 1. The molecule has 5 nitrogen and oxygen atoms in total. The zero-order chi connectivity index (χ0) is 18.6. The van der Waals surface area contributed by atoms with E-state index in [0.717, 1.165) is 44.8 Å². The third kappa shape index (κ3) is 5.46. The molecule has 0 saturated carbocycles. The van der Waals surface area contributed by atoms with Gasteiger partial charge >= 0.3 is 0 Å². The van der Waals surface area contributed by atoms with Crippen LogP contribution in [0.3, 0.4) is 0 Å². The molecule has 0 radical (unpaired) electrons. The standard InChI is InChI=1S/C20H32N4OS/c1-20(2)15-24(7-6-18(20)21)14-19(25)22-17-5-3-4-16(12-17)13-23-8-10-26-11-9-23/h3-5,12,18H,6-11,13-15,21H2,1-2H3,(H,22,25). The van der Waals surface area contributed by atoms with Crippen molar-refractivity contribution in [3.8, 4) is 0 Å². The zero-order valence-electron chi connectivity index (χ0n) is 16.0. The molecule has 2 aliphatic heterocycles. The number of carbonyl (C=O) groups is 1. The van der Waals surface area contributed by atoms with Crippen LogP contribution in [0.25, 0.3) is 0 Å². The molecule has 2 heterocycles. The minimum Gasteiger partial charge on any atom is -0.327 e. The summed E-state index contributed by atoms with van der Waals surface area (Å²) in [6.45, 7) is 9.82. The lowest BCUT2D eigenvalue weighted by Gasteiger charge is -2.42. The van der Waals surface area contributed by atoms with E-state index in [1.54, 1.807) is 0 Å². The van der Waals surface area contributed by atoms with Crippen molar-refractivity contribution in [1.29, 1.82) is 0 Å². The third-order valence-corrected chi connectivity index (χ3v) is 6.42. The van der Waals surface area contributed by atoms with E-state index in [9.17, 15) is 4.79 Å². The highest BCUT2D eigenvalue weighted by atomic mass is 32.2. The SMILES string of the molecule is CC1(C)CN(CC(=O)Nc2cccc(CN3CCSCC3)c2)CCC1N. The van der Waals surface area contributed by atoms with E-state index in [0.29, 0.717) is 6.54 Å². The fourth-order valence-corrected chi connectivity index (χ4v) is 4.77. The Morgan fingerprint density at radius 1 is 1.27 bits per heavy atom. The van der Waals surface area contributed by atoms with Crippen LogP contribution in [0.2, 0.25) is 0 Å². The maximum Gasteiger partial charge on any atom is 0.238 e. The Bertz CT molecular complexity index is 616. The van der Waals surface area contributed by atoms with Crippen LogP contribution < -0.4 is 11.1 Å². The summed E-state index contributed by atoms with van der Waals surface area (Å²) < 4.78 is 0. The van der Waals surface area contributed by atoms with E-state index in [4.69, 9.17) is 5.73 Å². The van der Waals surface area contributed by atoms with E-state index >= 15 is 0 Å². The number of benzene rings is 1. The number of nitrogens with zero attached hydrogens (tertiary/aromatic N) is 2. The number of piperidine rings is 1. The molecule has 0 bridgehead atoms. The first kappa shape index (κ1) is 19.7. The first-order chi connectivity index (χ1) is 12.4. The summed E-state index contributed by atoms with van der Waals surface area (Å²) in [7, 11) is 0. The molecule has 2 aliphatic rings. The third-order valence-electron chi connectivity index (χ3n) is 5.48. The number of hydrogen-bond donors (Lipinski definition) is 2. The van der Waals surface area contributed by atoms with Crippen molar-refractivity contribution in [2.24, 2.45) is 11.1 Å². The van der Waals surface area contributed by atoms with Crippen molar-refractivity contribution in [1.82, 2.24) is 9.80 Å². The number of nitrogens with one attached hydrogen (secondary N) is 1. The minimum atomic E-state index is 0.0581. The van der Waals surface area contributed by atoms with Gasteiger partial charge in [0.05, 0.1) is 6.54 Å². The molecule has 2 saturated heterocycles. The lowest BCUT2D eigenvalue weighted by atomic mass is 9.80. The van der Waals surface area contributed by atoms with Gasteiger partial charge in [-0.3, -0.25) is 14.6 Å². The summed E-state index contributed by atoms with van der Waals surface area (Å²) in [5, 5.41) is 3.07. The van der Waals surface area contributed by atoms with Crippen LogP contribution in [0.5, 0.6) is 0 Å². The molecule has 1 atom stereocenters. The molecule has 6 heteroatoms. The van der Waals surface area contributed by atoms with Gasteiger partial charge in [-0.15, -0.1) is 0 Å². The monoisotopic (exact) mass is 376 g/mol. The van der Waals surface area contributed by atoms with E-state index in [1.807, 2.05) is 23.9 Å². The number of carbonyl (C=O) groups excluding carboxylic acids is 1. The lowest BCUT2D eigenvalue weighted by molar-refractivity contribution is -0.118. The number of amides is 1. The minimum absolute atomic E-state index is 0.0581. The molecule has 3 N–H and O–H groups in total. The summed E-state index contributed by atoms with van der Waals surface area (Å²) in [5.41, 5.74) is 8.41. The second kappa shape index (κ2) is 8.74. The van der Waals surface area contributed by atoms with E-state index < -0.39 is 0 Å². The average Bonchev–Trinajstić information content (AvgIpc) is 2.59. The summed E-state index contributed by atoms with van der Waals surface area (Å²) in [4.78, 5) is 17.2. The van der Waals surface area contributed by atoms with Crippen LogP contribution in [0.15, 0.2) is 24.3 Å². The quantitative estimate of drug-likeness (QED) is 0.825. The Morgan fingerprint density at radius 3 is 2.77 bits per heavy atom. The van der Waals surface area contributed by atoms with Gasteiger partial charge in [-0.2, -0.15) is 11.8 Å². The van der Waals surface area contributed by atoms with Crippen LogP contribution in [0.1, 0.15) is 25.8 Å². The second-order valence-electron chi connectivity index (χ2n) is 8.23. The molecule has 1 aromatic carbocycles. The Balaban J connectivity index is 1.52. The lowest BCUT2D eigenvalue weighted by Crippen LogP contribution is -2.53. The van der Waals surface area contributed by atoms with Crippen LogP contribution in [0, 0.1) is 5.41 Å². The summed E-state index contributed by atoms with van der Waals surface area (Å²) >= 11 is 2.03. The molecule has 144 valence electrons. The fraction of sp³-hybridized carbons (Fsp3) is 0.650. The molecule has 26 heavy (non-hydrogen) atoms. The Kier molecular flexibility index (Phi) is 6.61. The highest BCUT2D eigenvalue weighted by Crippen LogP contribution is 2.27. The Hall–Kier alpha value is -1.08. The molecule has 1 unspecified atom stereocenters. The predicted molar refractivity (Wildman–Crippen MR) is 110 cm³/mol. The fourth-order valence-electron chi connectivity index (χ4n) is 3.79. The first-order valence-corrected chi connectivity index (χ1v) is 10.7. The molecule has 0 spiro atoms. The highest BCUT2D eigenvalue weighted by molar-refractivity contribution is 7.99. The molecule has 1 aromatic rings. The van der Waals surface area contributed by atoms with Gasteiger partial charge in [-0.1, -0.05) is 26.0 Å². The summed E-state index contributed by atoms with van der Waals surface area (Å²) in [5.74, 6) is 2.49. The molecule has 2 fully saturated rings. The summed E-state index contributed by atoms with van der Waals surface area (Å²) in [6.07, 6.45) is 0.948. The smallest absolute Gasteiger partial charge is 0.238 e. The van der Waals surface area contributed by atoms with Gasteiger partial charge in [0.1, 0.15) is 0 Å². The number of hydrogen-bond acceptors (Lipinski definition) is 5. The zero-order valence-corrected chi connectivity index (χ0v) is 16.9. The number of likely N-dealkylation sites (tertiary alicyclic amines) is 1. The van der Waals surface area contributed by atoms with Crippen LogP contribution in [-0.2, 0) is 11.3 Å². The van der Waals surface area contributed by atoms with E-state index in [2.05, 4.69) is 41.1 Å². The normalized spacial score (nSPS) is 24.3. The van der Waals surface area contributed by atoms with Crippen LogP contribution in [-0.4, -0.2) is 66.0 Å². The van der Waals surface area contributed by atoms with Gasteiger partial charge in [0.15, 0.2) is 0 Å². The topological polar surface area (TPSA) is 61.6 Å². The molecular formula is C20H32N4OS. The largest absolute Gasteiger partial charge is 0.327 e. The Labute approximate surface area is 161 Å². The maximum atomic E-state index is 12.5. The van der Waals surface area contributed by atoms with Gasteiger partial charge in [0, 0.05) is 56.0 Å². The molecule has 3 rings (SSSR count). The van der Waals surface area contributed by atoms with E-state index in [1.165, 1.54) is 17.1 Å². The van der Waals surface area contributed by atoms with Crippen molar-refractivity contribution in [3.05, 3.63) is 29.8 Å². The van der Waals surface area contributed by atoms with Gasteiger partial charge in [-0.05, 0) is 29.5 Å². The van der Waals surface area contributed by atoms with Crippen molar-refractivity contribution < 1.29 is 4.79 Å². The number of rotatable bonds is 5. The Morgan fingerprint density at radius 2 is 2.04 bits per heavy atom. The van der Waals surface area contributed by atoms with Gasteiger partial charge < -0.3 is 11.1 Å². The predicted octanol–water partition coefficient (Wildman–Crippen LogP) is 2.23. The van der Waals surface area contributed by atoms with Gasteiger partial charge in [0.25, 0.3) is 0 Å². The van der Waals surface area contributed by atoms with Crippen molar-refractivity contribution in [2.45, 2.75) is 32.9 Å². The van der Waals surface area contributed by atoms with Crippen molar-refractivity contribution in [2.75, 3.05) is 49.5 Å². The highest BCUT2D eigenvalue weighted by Gasteiger charge is 2.33. The van der Waals surface area contributed by atoms with Crippen LogP contribution in [0.4, 0.5) is 5.69 Å². The molecular weight excluding hydrogens is 344 g/mol. The maximum absolute atomic E-state index is 12.5. The van der Waals surface area contributed by atoms with Crippen LogP contribution >= 0.6 is 11.8 Å². The molecule has 0 aliphatic carbocycles. The molecule has 1 amide bonds. The molecule has 0 aromatic heterocycles. The number of thioether (sulfide) groups is 1. The van der Waals surface area contributed by atoms with Crippen molar-refractivity contribution in [3.63, 3.8) is 0 Å². The van der Waals surface area contributed by atoms with Gasteiger partial charge in [-0.25, -0.2) is 0 Å². The first-order valence-electron chi connectivity index (χ1n) is 9.59. The number of anilines is 1. The summed E-state index contributed by atoms with van der Waals surface area (Å²) in [6, 6.07) is 8.48.